The lowest BCUT2D eigenvalue weighted by molar-refractivity contribution is -0.140. The number of rotatable bonds is 6. The first-order valence-corrected chi connectivity index (χ1v) is 10.1. The van der Waals surface area contributed by atoms with Crippen molar-refractivity contribution in [1.82, 2.24) is 4.90 Å². The maximum Gasteiger partial charge on any atom is 0.295 e. The molecule has 1 amide bonds. The van der Waals surface area contributed by atoms with Gasteiger partial charge in [-0.05, 0) is 48.1 Å². The number of Topliss-reactive ketones (excluding diaryl/α,β-unsaturated/α-hetero) is 1. The van der Waals surface area contributed by atoms with Crippen molar-refractivity contribution in [3.63, 3.8) is 0 Å². The number of furan rings is 1. The molecule has 2 aromatic rings. The number of carbonyl (C=O) groups excluding carboxylic acids is 2. The summed E-state index contributed by atoms with van der Waals surface area (Å²) in [6.07, 6.45) is 2.06. The third-order valence-corrected chi connectivity index (χ3v) is 5.46. The molecule has 2 heterocycles. The van der Waals surface area contributed by atoms with E-state index >= 15 is 0 Å². The van der Waals surface area contributed by atoms with E-state index in [2.05, 4.69) is 20.8 Å². The molecule has 1 aliphatic heterocycles. The number of methoxy groups -OCH3 is 1. The molecule has 0 bridgehead atoms. The number of likely N-dealkylation sites (tertiary alicyclic amines) is 1. The summed E-state index contributed by atoms with van der Waals surface area (Å²) >= 11 is 0. The Morgan fingerprint density at radius 3 is 2.57 bits per heavy atom. The summed E-state index contributed by atoms with van der Waals surface area (Å²) in [4.78, 5) is 27.2. The summed E-state index contributed by atoms with van der Waals surface area (Å²) in [7, 11) is 1.59. The van der Waals surface area contributed by atoms with Crippen LogP contribution in [0.15, 0.2) is 46.6 Å². The van der Waals surface area contributed by atoms with E-state index in [1.165, 1.54) is 11.2 Å². The van der Waals surface area contributed by atoms with Crippen molar-refractivity contribution in [2.45, 2.75) is 45.6 Å². The fraction of sp³-hybridized carbons (Fsp3) is 0.417. The zero-order chi connectivity index (χ0) is 22.1. The molecule has 1 aliphatic rings. The van der Waals surface area contributed by atoms with Gasteiger partial charge in [-0.2, -0.15) is 0 Å². The fourth-order valence-electron chi connectivity index (χ4n) is 3.72. The second-order valence-corrected chi connectivity index (χ2v) is 8.63. The predicted molar refractivity (Wildman–Crippen MR) is 114 cm³/mol. The van der Waals surface area contributed by atoms with E-state index < -0.39 is 17.7 Å². The largest absolute Gasteiger partial charge is 0.507 e. The van der Waals surface area contributed by atoms with Crippen LogP contribution in [-0.4, -0.2) is 42.0 Å². The van der Waals surface area contributed by atoms with Gasteiger partial charge in [0, 0.05) is 25.8 Å². The quantitative estimate of drug-likeness (QED) is 0.331. The normalized spacial score (nSPS) is 19.0. The minimum absolute atomic E-state index is 0.0570. The van der Waals surface area contributed by atoms with Gasteiger partial charge < -0.3 is 19.2 Å². The van der Waals surface area contributed by atoms with E-state index in [0.29, 0.717) is 30.9 Å². The lowest BCUT2D eigenvalue weighted by Gasteiger charge is -2.24. The molecule has 0 spiro atoms. The van der Waals surface area contributed by atoms with E-state index in [-0.39, 0.29) is 16.7 Å². The summed E-state index contributed by atoms with van der Waals surface area (Å²) in [5, 5.41) is 11.3. The number of aliphatic hydroxyl groups excluding tert-OH is 1. The number of hydrogen-bond acceptors (Lipinski definition) is 5. The van der Waals surface area contributed by atoms with Gasteiger partial charge in [0.15, 0.2) is 0 Å². The van der Waals surface area contributed by atoms with Gasteiger partial charge in [0.25, 0.3) is 11.7 Å². The third kappa shape index (κ3) is 4.05. The molecule has 6 nitrogen and oxygen atoms in total. The number of benzene rings is 1. The predicted octanol–water partition coefficient (Wildman–Crippen LogP) is 4.34. The van der Waals surface area contributed by atoms with E-state index in [1.807, 2.05) is 25.1 Å². The molecular weight excluding hydrogens is 382 g/mol. The Balaban J connectivity index is 2.15. The van der Waals surface area contributed by atoms with E-state index in [1.54, 1.807) is 19.2 Å². The first kappa shape index (κ1) is 21.8. The molecule has 0 saturated carbocycles. The van der Waals surface area contributed by atoms with Crippen LogP contribution in [0.2, 0.25) is 0 Å². The maximum absolute atomic E-state index is 13.0. The SMILES string of the molecule is COCCCN1C(=O)C(=O)/C(=C(/O)c2cc(C(C)(C)C)ccc2C)C1c1ccco1. The molecule has 6 heteroatoms. The van der Waals surface area contributed by atoms with E-state index in [9.17, 15) is 14.7 Å². The Hall–Kier alpha value is -2.86. The van der Waals surface area contributed by atoms with Gasteiger partial charge >= 0.3 is 0 Å². The van der Waals surface area contributed by atoms with Crippen LogP contribution in [0.3, 0.4) is 0 Å². The molecule has 0 radical (unpaired) electrons. The second-order valence-electron chi connectivity index (χ2n) is 8.63. The maximum atomic E-state index is 13.0. The Morgan fingerprint density at radius 1 is 1.23 bits per heavy atom. The third-order valence-electron chi connectivity index (χ3n) is 5.46. The first-order chi connectivity index (χ1) is 14.2. The highest BCUT2D eigenvalue weighted by Crippen LogP contribution is 2.40. The number of hydrogen-bond donors (Lipinski definition) is 1. The number of nitrogens with zero attached hydrogens (tertiary/aromatic N) is 1. The summed E-state index contributed by atoms with van der Waals surface area (Å²) in [6, 6.07) is 8.48. The number of amides is 1. The average Bonchev–Trinajstić information content (AvgIpc) is 3.29. The molecule has 160 valence electrons. The zero-order valence-electron chi connectivity index (χ0n) is 18.2. The standard InChI is InChI=1S/C24H29NO5/c1-15-9-10-16(24(2,3)4)14-17(15)21(26)19-20(18-8-6-13-30-18)25(11-7-12-29-5)23(28)22(19)27/h6,8-10,13-14,20,26H,7,11-12H2,1-5H3/b21-19+. The monoisotopic (exact) mass is 411 g/mol. The lowest BCUT2D eigenvalue weighted by atomic mass is 9.84. The first-order valence-electron chi connectivity index (χ1n) is 10.1. The minimum atomic E-state index is -0.769. The molecule has 1 aromatic carbocycles. The van der Waals surface area contributed by atoms with Crippen molar-refractivity contribution >= 4 is 17.4 Å². The highest BCUT2D eigenvalue weighted by Gasteiger charge is 2.47. The highest BCUT2D eigenvalue weighted by atomic mass is 16.5. The van der Waals surface area contributed by atoms with Crippen molar-refractivity contribution in [2.24, 2.45) is 0 Å². The molecule has 0 aliphatic carbocycles. The van der Waals surface area contributed by atoms with Gasteiger partial charge in [-0.25, -0.2) is 0 Å². The van der Waals surface area contributed by atoms with Crippen LogP contribution in [0, 0.1) is 6.92 Å². The molecule has 1 saturated heterocycles. The van der Waals surface area contributed by atoms with Crippen molar-refractivity contribution < 1.29 is 23.8 Å². The van der Waals surface area contributed by atoms with E-state index in [0.717, 1.165) is 11.1 Å². The van der Waals surface area contributed by atoms with E-state index in [4.69, 9.17) is 9.15 Å². The zero-order valence-corrected chi connectivity index (χ0v) is 18.2. The highest BCUT2D eigenvalue weighted by molar-refractivity contribution is 6.46. The van der Waals surface area contributed by atoms with Gasteiger partial charge in [0.05, 0.1) is 11.8 Å². The van der Waals surface area contributed by atoms with Crippen LogP contribution in [0.4, 0.5) is 0 Å². The fourth-order valence-corrected chi connectivity index (χ4v) is 3.72. The topological polar surface area (TPSA) is 80.0 Å². The van der Waals surface area contributed by atoms with Crippen molar-refractivity contribution in [3.8, 4) is 0 Å². The van der Waals surface area contributed by atoms with Crippen molar-refractivity contribution in [3.05, 3.63) is 64.6 Å². The molecule has 1 aromatic heterocycles. The van der Waals surface area contributed by atoms with Gasteiger partial charge in [0.2, 0.25) is 0 Å². The Morgan fingerprint density at radius 2 is 1.97 bits per heavy atom. The molecule has 1 fully saturated rings. The molecule has 30 heavy (non-hydrogen) atoms. The summed E-state index contributed by atoms with van der Waals surface area (Å²) in [6.45, 7) is 8.90. The molecule has 1 N–H and O–H groups in total. The van der Waals surface area contributed by atoms with Gasteiger partial charge in [-0.1, -0.05) is 32.9 Å². The average molecular weight is 411 g/mol. The van der Waals surface area contributed by atoms with Gasteiger partial charge in [0.1, 0.15) is 17.6 Å². The molecule has 1 atom stereocenters. The Bertz CT molecular complexity index is 966. The van der Waals surface area contributed by atoms with Crippen LogP contribution in [0.5, 0.6) is 0 Å². The van der Waals surface area contributed by atoms with Crippen molar-refractivity contribution in [2.75, 3.05) is 20.3 Å². The summed E-state index contributed by atoms with van der Waals surface area (Å²) in [5.41, 5.74) is 2.33. The van der Waals surface area contributed by atoms with Crippen LogP contribution in [0.25, 0.3) is 5.76 Å². The Labute approximate surface area is 177 Å². The van der Waals surface area contributed by atoms with Crippen LogP contribution >= 0.6 is 0 Å². The minimum Gasteiger partial charge on any atom is -0.507 e. The number of ether oxygens (including phenoxy) is 1. The lowest BCUT2D eigenvalue weighted by Crippen LogP contribution is -2.31. The van der Waals surface area contributed by atoms with Crippen LogP contribution in [-0.2, 0) is 19.7 Å². The Kier molecular flexibility index (Phi) is 6.17. The summed E-state index contributed by atoms with van der Waals surface area (Å²) in [5.74, 6) is -1.07. The summed E-state index contributed by atoms with van der Waals surface area (Å²) < 4.78 is 10.6. The smallest absolute Gasteiger partial charge is 0.295 e. The molecular formula is C24H29NO5. The number of aliphatic hydroxyl groups is 1. The van der Waals surface area contributed by atoms with Crippen molar-refractivity contribution in [1.29, 1.82) is 0 Å². The number of aryl methyl sites for hydroxylation is 1. The second kappa shape index (κ2) is 8.48. The van der Waals surface area contributed by atoms with Gasteiger partial charge in [-0.15, -0.1) is 0 Å². The molecule has 1 unspecified atom stereocenters. The number of carbonyl (C=O) groups is 2. The van der Waals surface area contributed by atoms with Crippen LogP contribution < -0.4 is 0 Å². The number of ketones is 1. The van der Waals surface area contributed by atoms with Gasteiger partial charge in [-0.3, -0.25) is 9.59 Å². The molecule has 3 rings (SSSR count). The van der Waals surface area contributed by atoms with Crippen LogP contribution in [0.1, 0.15) is 55.7 Å².